The highest BCUT2D eigenvalue weighted by Crippen LogP contribution is 2.34. The maximum Gasteiger partial charge on any atom is 0.229 e. The summed E-state index contributed by atoms with van der Waals surface area (Å²) in [5, 5.41) is 1.08. The van der Waals surface area contributed by atoms with E-state index < -0.39 is 9.84 Å². The Bertz CT molecular complexity index is 1370. The maximum atomic E-state index is 13.2. The SMILES string of the molecule is Cc1ccc(S(=O)(=O)CCCC(=O)N(Cc2ccccc2)c2nc3c(Cl)cccc3s2)cc1. The number of nitrogens with zero attached hydrogens (tertiary/aromatic N) is 2. The fourth-order valence-electron chi connectivity index (χ4n) is 3.46. The number of carbonyl (C=O) groups excluding carboxylic acids is 1. The van der Waals surface area contributed by atoms with Gasteiger partial charge in [0, 0.05) is 6.42 Å². The van der Waals surface area contributed by atoms with Crippen LogP contribution < -0.4 is 4.90 Å². The summed E-state index contributed by atoms with van der Waals surface area (Å²) in [5.74, 6) is -0.264. The van der Waals surface area contributed by atoms with Crippen molar-refractivity contribution in [1.29, 1.82) is 0 Å². The Balaban J connectivity index is 1.53. The van der Waals surface area contributed by atoms with Crippen LogP contribution in [-0.2, 0) is 21.2 Å². The van der Waals surface area contributed by atoms with E-state index in [4.69, 9.17) is 11.6 Å². The second-order valence-electron chi connectivity index (χ2n) is 7.78. The van der Waals surface area contributed by atoms with Gasteiger partial charge in [0.1, 0.15) is 5.52 Å². The molecule has 0 saturated carbocycles. The van der Waals surface area contributed by atoms with E-state index in [0.717, 1.165) is 15.8 Å². The number of sulfone groups is 1. The van der Waals surface area contributed by atoms with Crippen molar-refractivity contribution in [1.82, 2.24) is 4.98 Å². The minimum absolute atomic E-state index is 0.0906. The maximum absolute atomic E-state index is 13.2. The van der Waals surface area contributed by atoms with Crippen molar-refractivity contribution in [2.45, 2.75) is 31.2 Å². The normalized spacial score (nSPS) is 11.6. The van der Waals surface area contributed by atoms with E-state index in [2.05, 4.69) is 4.98 Å². The molecule has 0 N–H and O–H groups in total. The van der Waals surface area contributed by atoms with Crippen LogP contribution in [0.15, 0.2) is 77.7 Å². The Morgan fingerprint density at radius 1 is 1.00 bits per heavy atom. The molecule has 170 valence electrons. The summed E-state index contributed by atoms with van der Waals surface area (Å²) in [6, 6.07) is 22.0. The Hall–Kier alpha value is -2.74. The molecule has 8 heteroatoms. The summed E-state index contributed by atoms with van der Waals surface area (Å²) in [5.41, 5.74) is 2.62. The predicted molar refractivity (Wildman–Crippen MR) is 135 cm³/mol. The summed E-state index contributed by atoms with van der Waals surface area (Å²) in [6.45, 7) is 2.26. The van der Waals surface area contributed by atoms with Crippen molar-refractivity contribution < 1.29 is 13.2 Å². The number of thiazole rings is 1. The van der Waals surface area contributed by atoms with Crippen molar-refractivity contribution in [3.8, 4) is 0 Å². The molecule has 1 amide bonds. The number of amides is 1. The van der Waals surface area contributed by atoms with Crippen LogP contribution in [-0.4, -0.2) is 25.1 Å². The van der Waals surface area contributed by atoms with Crippen LogP contribution in [0.1, 0.15) is 24.0 Å². The second kappa shape index (κ2) is 10.0. The molecule has 0 saturated heterocycles. The van der Waals surface area contributed by atoms with Gasteiger partial charge in [0.2, 0.25) is 5.91 Å². The summed E-state index contributed by atoms with van der Waals surface area (Å²) >= 11 is 7.69. The number of aryl methyl sites for hydroxylation is 1. The monoisotopic (exact) mass is 498 g/mol. The molecule has 0 spiro atoms. The molecule has 0 fully saturated rings. The van der Waals surface area contributed by atoms with Gasteiger partial charge in [-0.3, -0.25) is 9.69 Å². The van der Waals surface area contributed by atoms with Gasteiger partial charge in [-0.25, -0.2) is 13.4 Å². The largest absolute Gasteiger partial charge is 0.284 e. The molecule has 33 heavy (non-hydrogen) atoms. The molecule has 5 nitrogen and oxygen atoms in total. The average molecular weight is 499 g/mol. The number of carbonyl (C=O) groups is 1. The van der Waals surface area contributed by atoms with Crippen LogP contribution in [0.25, 0.3) is 10.2 Å². The smallest absolute Gasteiger partial charge is 0.229 e. The predicted octanol–water partition coefficient (Wildman–Crippen LogP) is 6.05. The Labute approximate surface area is 202 Å². The van der Waals surface area contributed by atoms with Gasteiger partial charge in [0.15, 0.2) is 15.0 Å². The first-order valence-corrected chi connectivity index (χ1v) is 13.4. The summed E-state index contributed by atoms with van der Waals surface area (Å²) in [6.07, 6.45) is 0.327. The number of benzene rings is 3. The second-order valence-corrected chi connectivity index (χ2v) is 11.3. The number of para-hydroxylation sites is 1. The van der Waals surface area contributed by atoms with E-state index in [-0.39, 0.29) is 29.4 Å². The highest BCUT2D eigenvalue weighted by Gasteiger charge is 2.22. The zero-order valence-electron chi connectivity index (χ0n) is 18.1. The van der Waals surface area contributed by atoms with Gasteiger partial charge in [-0.05, 0) is 43.2 Å². The van der Waals surface area contributed by atoms with Gasteiger partial charge < -0.3 is 0 Å². The van der Waals surface area contributed by atoms with Gasteiger partial charge in [-0.15, -0.1) is 0 Å². The molecule has 0 aliphatic carbocycles. The molecule has 1 aromatic heterocycles. The Kier molecular flexibility index (Phi) is 7.12. The van der Waals surface area contributed by atoms with Crippen LogP contribution in [0, 0.1) is 6.92 Å². The summed E-state index contributed by atoms with van der Waals surface area (Å²) < 4.78 is 26.2. The number of hydrogen-bond donors (Lipinski definition) is 0. The minimum Gasteiger partial charge on any atom is -0.284 e. The standard InChI is InChI=1S/C25H23ClN2O3S2/c1-18-12-14-20(15-13-18)33(30,31)16-6-11-23(29)28(17-19-7-3-2-4-8-19)25-27-24-21(26)9-5-10-22(24)32-25/h2-5,7-10,12-15H,6,11,16-17H2,1H3. The van der Waals surface area contributed by atoms with Gasteiger partial charge in [-0.2, -0.15) is 0 Å². The molecular weight excluding hydrogens is 476 g/mol. The molecule has 0 aliphatic rings. The third-order valence-electron chi connectivity index (χ3n) is 5.26. The van der Waals surface area contributed by atoms with Gasteiger partial charge in [0.05, 0.1) is 26.9 Å². The quantitative estimate of drug-likeness (QED) is 0.297. The van der Waals surface area contributed by atoms with Crippen molar-refractivity contribution in [2.75, 3.05) is 10.7 Å². The number of fused-ring (bicyclic) bond motifs is 1. The highest BCUT2D eigenvalue weighted by atomic mass is 35.5. The molecule has 1 heterocycles. The highest BCUT2D eigenvalue weighted by molar-refractivity contribution is 7.91. The molecule has 4 aromatic rings. The van der Waals surface area contributed by atoms with Crippen molar-refractivity contribution in [2.24, 2.45) is 0 Å². The zero-order chi connectivity index (χ0) is 23.4. The van der Waals surface area contributed by atoms with E-state index in [1.165, 1.54) is 11.3 Å². The molecule has 0 atom stereocenters. The number of rotatable bonds is 8. The van der Waals surface area contributed by atoms with Crippen LogP contribution >= 0.6 is 22.9 Å². The molecule has 0 unspecified atom stereocenters. The Morgan fingerprint density at radius 3 is 2.42 bits per heavy atom. The summed E-state index contributed by atoms with van der Waals surface area (Å²) in [4.78, 5) is 19.8. The van der Waals surface area contributed by atoms with Gasteiger partial charge in [-0.1, -0.05) is 77.0 Å². The lowest BCUT2D eigenvalue weighted by Gasteiger charge is -2.20. The van der Waals surface area contributed by atoms with Crippen LogP contribution in [0.4, 0.5) is 5.13 Å². The van der Waals surface area contributed by atoms with E-state index in [0.29, 0.717) is 22.2 Å². The van der Waals surface area contributed by atoms with E-state index in [9.17, 15) is 13.2 Å². The van der Waals surface area contributed by atoms with Crippen molar-refractivity contribution in [3.05, 3.63) is 88.9 Å². The first kappa shape index (κ1) is 23.4. The van der Waals surface area contributed by atoms with E-state index >= 15 is 0 Å². The third kappa shape index (κ3) is 5.61. The number of halogens is 1. The molecular formula is C25H23ClN2O3S2. The lowest BCUT2D eigenvalue weighted by molar-refractivity contribution is -0.118. The zero-order valence-corrected chi connectivity index (χ0v) is 20.5. The molecule has 0 aliphatic heterocycles. The average Bonchev–Trinajstić information content (AvgIpc) is 3.23. The number of anilines is 1. The first-order valence-electron chi connectivity index (χ1n) is 10.5. The molecule has 0 bridgehead atoms. The van der Waals surface area contributed by atoms with Crippen molar-refractivity contribution >= 4 is 54.0 Å². The van der Waals surface area contributed by atoms with Crippen LogP contribution in [0.5, 0.6) is 0 Å². The first-order chi connectivity index (χ1) is 15.8. The molecule has 4 rings (SSSR count). The van der Waals surface area contributed by atoms with Crippen molar-refractivity contribution in [3.63, 3.8) is 0 Å². The fourth-order valence-corrected chi connectivity index (χ4v) is 6.05. The van der Waals surface area contributed by atoms with Crippen LogP contribution in [0.3, 0.4) is 0 Å². The van der Waals surface area contributed by atoms with Crippen LogP contribution in [0.2, 0.25) is 5.02 Å². The van der Waals surface area contributed by atoms with Gasteiger partial charge >= 0.3 is 0 Å². The topological polar surface area (TPSA) is 67.3 Å². The lowest BCUT2D eigenvalue weighted by atomic mass is 10.2. The fraction of sp³-hybridized carbons (Fsp3) is 0.200. The molecule has 3 aromatic carbocycles. The lowest BCUT2D eigenvalue weighted by Crippen LogP contribution is -2.30. The number of aromatic nitrogens is 1. The number of hydrogen-bond acceptors (Lipinski definition) is 5. The summed E-state index contributed by atoms with van der Waals surface area (Å²) in [7, 11) is -3.45. The third-order valence-corrected chi connectivity index (χ3v) is 8.42. The van der Waals surface area contributed by atoms with E-state index in [1.54, 1.807) is 35.2 Å². The van der Waals surface area contributed by atoms with Gasteiger partial charge in [0.25, 0.3) is 0 Å². The molecule has 0 radical (unpaired) electrons. The van der Waals surface area contributed by atoms with E-state index in [1.807, 2.05) is 49.4 Å². The Morgan fingerprint density at radius 2 is 1.73 bits per heavy atom. The minimum atomic E-state index is -3.45.